The van der Waals surface area contributed by atoms with Gasteiger partial charge in [-0.05, 0) is 68.8 Å². The van der Waals surface area contributed by atoms with Gasteiger partial charge in [0.2, 0.25) is 0 Å². The summed E-state index contributed by atoms with van der Waals surface area (Å²) in [5, 5.41) is 2.54. The van der Waals surface area contributed by atoms with E-state index in [0.717, 1.165) is 12.1 Å². The molecular formula is C19H21FN2O5S. The highest BCUT2D eigenvalue weighted by Crippen LogP contribution is 2.20. The number of esters is 1. The molecule has 1 amide bonds. The molecular weight excluding hydrogens is 387 g/mol. The molecule has 7 nitrogen and oxygen atoms in total. The molecule has 0 aromatic heterocycles. The van der Waals surface area contributed by atoms with Crippen molar-refractivity contribution < 1.29 is 27.1 Å². The minimum absolute atomic E-state index is 0.0480. The summed E-state index contributed by atoms with van der Waals surface area (Å²) in [4.78, 5) is 23.6. The highest BCUT2D eigenvalue weighted by atomic mass is 32.2. The van der Waals surface area contributed by atoms with Crippen molar-refractivity contribution in [1.82, 2.24) is 5.32 Å². The lowest BCUT2D eigenvalue weighted by Gasteiger charge is -2.13. The average Bonchev–Trinajstić information content (AvgIpc) is 2.61. The van der Waals surface area contributed by atoms with Crippen LogP contribution in [-0.4, -0.2) is 32.9 Å². The predicted molar refractivity (Wildman–Crippen MR) is 102 cm³/mol. The fraction of sp³-hybridized carbons (Fsp3) is 0.263. The summed E-state index contributed by atoms with van der Waals surface area (Å²) in [7, 11) is -3.92. The van der Waals surface area contributed by atoms with Gasteiger partial charge in [0.05, 0.1) is 10.5 Å². The van der Waals surface area contributed by atoms with Crippen molar-refractivity contribution in [3.63, 3.8) is 0 Å². The molecule has 0 fully saturated rings. The van der Waals surface area contributed by atoms with Crippen LogP contribution in [0.15, 0.2) is 47.4 Å². The van der Waals surface area contributed by atoms with Gasteiger partial charge < -0.3 is 10.1 Å². The van der Waals surface area contributed by atoms with Crippen molar-refractivity contribution in [3.8, 4) is 0 Å². The number of ether oxygens (including phenoxy) is 1. The van der Waals surface area contributed by atoms with Crippen LogP contribution in [0.4, 0.5) is 10.1 Å². The van der Waals surface area contributed by atoms with E-state index in [1.807, 2.05) is 0 Å². The predicted octanol–water partition coefficient (Wildman–Crippen LogP) is 2.62. The number of nitrogens with one attached hydrogen (secondary N) is 2. The zero-order valence-corrected chi connectivity index (χ0v) is 16.5. The van der Waals surface area contributed by atoms with E-state index in [-0.39, 0.29) is 21.7 Å². The second kappa shape index (κ2) is 8.83. The summed E-state index contributed by atoms with van der Waals surface area (Å²) >= 11 is 0. The number of carbonyl (C=O) groups excluding carboxylic acids is 2. The van der Waals surface area contributed by atoms with Gasteiger partial charge in [0, 0.05) is 12.2 Å². The van der Waals surface area contributed by atoms with Crippen LogP contribution >= 0.6 is 0 Å². The number of anilines is 1. The van der Waals surface area contributed by atoms with Crippen LogP contribution < -0.4 is 10.0 Å². The number of halogens is 1. The van der Waals surface area contributed by atoms with Crippen LogP contribution in [0.3, 0.4) is 0 Å². The molecule has 9 heteroatoms. The lowest BCUT2D eigenvalue weighted by Crippen LogP contribution is -2.35. The third kappa shape index (κ3) is 5.29. The lowest BCUT2D eigenvalue weighted by molar-refractivity contribution is -0.128. The molecule has 0 aliphatic heterocycles. The van der Waals surface area contributed by atoms with Gasteiger partial charge in [-0.2, -0.15) is 0 Å². The van der Waals surface area contributed by atoms with Crippen molar-refractivity contribution in [2.45, 2.75) is 31.8 Å². The van der Waals surface area contributed by atoms with E-state index in [1.54, 1.807) is 6.92 Å². The molecule has 0 saturated heterocycles. The first-order valence-corrected chi connectivity index (χ1v) is 10.00. The molecule has 150 valence electrons. The minimum Gasteiger partial charge on any atom is -0.449 e. The Hall–Kier alpha value is -2.94. The van der Waals surface area contributed by atoms with Crippen molar-refractivity contribution in [1.29, 1.82) is 0 Å². The van der Waals surface area contributed by atoms with E-state index in [9.17, 15) is 22.4 Å². The number of aryl methyl sites for hydroxylation is 1. The van der Waals surface area contributed by atoms with Crippen molar-refractivity contribution in [3.05, 3.63) is 59.4 Å². The van der Waals surface area contributed by atoms with Crippen LogP contribution in [-0.2, 0) is 19.6 Å². The van der Waals surface area contributed by atoms with Gasteiger partial charge >= 0.3 is 5.97 Å². The Bertz CT molecular complexity index is 974. The molecule has 0 aliphatic rings. The second-order valence-corrected chi connectivity index (χ2v) is 7.69. The highest BCUT2D eigenvalue weighted by Gasteiger charge is 2.20. The molecule has 1 atom stereocenters. The van der Waals surface area contributed by atoms with Gasteiger partial charge in [-0.1, -0.05) is 0 Å². The molecule has 0 radical (unpaired) electrons. The average molecular weight is 408 g/mol. The van der Waals surface area contributed by atoms with Crippen LogP contribution in [0.1, 0.15) is 29.8 Å². The zero-order valence-electron chi connectivity index (χ0n) is 15.7. The Balaban J connectivity index is 2.10. The molecule has 0 unspecified atom stereocenters. The molecule has 0 heterocycles. The standard InChI is InChI=1S/C19H21FN2O5S/c1-4-21-18(23)13(3)27-19(24)14-5-8-16(9-6-14)22-28(25,26)17-10-7-15(20)11-12(17)2/h5-11,13,22H,4H2,1-3H3,(H,21,23)/t13-/m0/s1. The molecule has 0 saturated carbocycles. The molecule has 2 aromatic carbocycles. The summed E-state index contributed by atoms with van der Waals surface area (Å²) < 4.78 is 45.5. The zero-order chi connectivity index (χ0) is 20.9. The van der Waals surface area contributed by atoms with Gasteiger partial charge in [0.25, 0.3) is 15.9 Å². The monoisotopic (exact) mass is 408 g/mol. The first kappa shape index (κ1) is 21.4. The van der Waals surface area contributed by atoms with Crippen LogP contribution in [0.5, 0.6) is 0 Å². The number of carbonyl (C=O) groups is 2. The van der Waals surface area contributed by atoms with Crippen molar-refractivity contribution in [2.24, 2.45) is 0 Å². The van der Waals surface area contributed by atoms with Crippen LogP contribution in [0.25, 0.3) is 0 Å². The Morgan fingerprint density at radius 2 is 1.79 bits per heavy atom. The van der Waals surface area contributed by atoms with E-state index >= 15 is 0 Å². The van der Waals surface area contributed by atoms with Gasteiger partial charge in [0.15, 0.2) is 6.10 Å². The van der Waals surface area contributed by atoms with Gasteiger partial charge in [-0.15, -0.1) is 0 Å². The maximum Gasteiger partial charge on any atom is 0.338 e. The summed E-state index contributed by atoms with van der Waals surface area (Å²) in [5.41, 5.74) is 0.654. The molecule has 0 bridgehead atoms. The lowest BCUT2D eigenvalue weighted by atomic mass is 10.2. The molecule has 2 N–H and O–H groups in total. The van der Waals surface area contributed by atoms with Gasteiger partial charge in [-0.25, -0.2) is 17.6 Å². The topological polar surface area (TPSA) is 102 Å². The largest absolute Gasteiger partial charge is 0.449 e. The van der Waals surface area contributed by atoms with E-state index in [0.29, 0.717) is 6.54 Å². The Morgan fingerprint density at radius 3 is 2.36 bits per heavy atom. The Kier molecular flexibility index (Phi) is 6.74. The molecule has 2 rings (SSSR count). The molecule has 0 aliphatic carbocycles. The summed E-state index contributed by atoms with van der Waals surface area (Å²) in [6, 6.07) is 8.92. The van der Waals surface area contributed by atoms with Gasteiger partial charge in [0.1, 0.15) is 5.82 Å². The Morgan fingerprint density at radius 1 is 1.14 bits per heavy atom. The van der Waals surface area contributed by atoms with Crippen LogP contribution in [0, 0.1) is 12.7 Å². The first-order chi connectivity index (χ1) is 13.1. The smallest absolute Gasteiger partial charge is 0.338 e. The van der Waals surface area contributed by atoms with Gasteiger partial charge in [-0.3, -0.25) is 9.52 Å². The number of likely N-dealkylation sites (N-methyl/N-ethyl adjacent to an activating group) is 1. The number of hydrogen-bond donors (Lipinski definition) is 2. The highest BCUT2D eigenvalue weighted by molar-refractivity contribution is 7.92. The summed E-state index contributed by atoms with van der Waals surface area (Å²) in [6.07, 6.45) is -0.952. The maximum atomic E-state index is 13.2. The SMILES string of the molecule is CCNC(=O)[C@H](C)OC(=O)c1ccc(NS(=O)(=O)c2ccc(F)cc2C)cc1. The van der Waals surface area contributed by atoms with Crippen molar-refractivity contribution in [2.75, 3.05) is 11.3 Å². The quantitative estimate of drug-likeness (QED) is 0.686. The van der Waals surface area contributed by atoms with E-state index < -0.39 is 33.8 Å². The normalized spacial score (nSPS) is 12.1. The van der Waals surface area contributed by atoms with Crippen molar-refractivity contribution >= 4 is 27.6 Å². The number of hydrogen-bond acceptors (Lipinski definition) is 5. The second-order valence-electron chi connectivity index (χ2n) is 6.03. The van der Waals surface area contributed by atoms with E-state index in [2.05, 4.69) is 10.0 Å². The fourth-order valence-electron chi connectivity index (χ4n) is 2.40. The van der Waals surface area contributed by atoms with Crippen LogP contribution in [0.2, 0.25) is 0 Å². The molecule has 28 heavy (non-hydrogen) atoms. The Labute approximate surface area is 163 Å². The molecule has 0 spiro atoms. The number of amides is 1. The minimum atomic E-state index is -3.92. The number of rotatable bonds is 7. The number of benzene rings is 2. The molecule has 2 aromatic rings. The maximum absolute atomic E-state index is 13.2. The number of sulfonamides is 1. The summed E-state index contributed by atoms with van der Waals surface area (Å²) in [6.45, 7) is 5.12. The summed E-state index contributed by atoms with van der Waals surface area (Å²) in [5.74, 6) is -1.64. The van der Waals surface area contributed by atoms with E-state index in [4.69, 9.17) is 4.74 Å². The first-order valence-electron chi connectivity index (χ1n) is 8.51. The fourth-order valence-corrected chi connectivity index (χ4v) is 3.69. The van der Waals surface area contributed by atoms with E-state index in [1.165, 1.54) is 44.2 Å². The third-order valence-electron chi connectivity index (χ3n) is 3.80. The third-order valence-corrected chi connectivity index (χ3v) is 5.34.